The van der Waals surface area contributed by atoms with Crippen LogP contribution in [-0.2, 0) is 0 Å². The van der Waals surface area contributed by atoms with Crippen molar-refractivity contribution < 1.29 is 4.74 Å². The van der Waals surface area contributed by atoms with Crippen molar-refractivity contribution in [2.45, 2.75) is 0 Å². The summed E-state index contributed by atoms with van der Waals surface area (Å²) in [5, 5.41) is 1.91. The summed E-state index contributed by atoms with van der Waals surface area (Å²) in [6.45, 7) is 0. The summed E-state index contributed by atoms with van der Waals surface area (Å²) in [5.41, 5.74) is 1.10. The molecular weight excluding hydrogens is 220 g/mol. The maximum absolute atomic E-state index is 5.34. The molecule has 1 aromatic carbocycles. The van der Waals surface area contributed by atoms with Gasteiger partial charge in [-0.25, -0.2) is 0 Å². The molecule has 0 aliphatic heterocycles. The zero-order chi connectivity index (χ0) is 11.7. The van der Waals surface area contributed by atoms with Gasteiger partial charge >= 0.3 is 0 Å². The van der Waals surface area contributed by atoms with Crippen molar-refractivity contribution in [1.82, 2.24) is 9.47 Å². The number of thiocarbonyl (C=S) groups is 1. The van der Waals surface area contributed by atoms with Gasteiger partial charge in [0.2, 0.25) is 0 Å². The van der Waals surface area contributed by atoms with Crippen molar-refractivity contribution in [3.63, 3.8) is 0 Å². The van der Waals surface area contributed by atoms with E-state index in [9.17, 15) is 0 Å². The van der Waals surface area contributed by atoms with Gasteiger partial charge < -0.3 is 9.64 Å². The van der Waals surface area contributed by atoms with E-state index in [4.69, 9.17) is 17.0 Å². The minimum absolute atomic E-state index is 0.778. The second-order valence-electron chi connectivity index (χ2n) is 3.79. The molecule has 0 radical (unpaired) electrons. The molecule has 0 unspecified atom stereocenters. The average molecular weight is 234 g/mol. The quantitative estimate of drug-likeness (QED) is 0.705. The highest BCUT2D eigenvalue weighted by Crippen LogP contribution is 2.21. The Kier molecular flexibility index (Phi) is 2.83. The first-order chi connectivity index (χ1) is 7.63. The molecule has 1 aromatic heterocycles. The van der Waals surface area contributed by atoms with E-state index in [1.807, 2.05) is 54.0 Å². The predicted molar refractivity (Wildman–Crippen MR) is 70.2 cm³/mol. The van der Waals surface area contributed by atoms with E-state index in [-0.39, 0.29) is 0 Å². The standard InChI is InChI=1S/C12H14N2OS/c1-13(2)12(16)14-7-6-9-8-10(15-3)4-5-11(9)14/h4-8H,1-3H3. The number of aromatic nitrogens is 1. The fourth-order valence-electron chi connectivity index (χ4n) is 1.63. The number of ether oxygens (including phenoxy) is 1. The second-order valence-corrected chi connectivity index (χ2v) is 4.15. The summed E-state index contributed by atoms with van der Waals surface area (Å²) in [5.74, 6) is 0.862. The Labute approximate surface area is 100 Å². The van der Waals surface area contributed by atoms with Crippen LogP contribution in [0, 0.1) is 0 Å². The lowest BCUT2D eigenvalue weighted by Gasteiger charge is -2.15. The second kappa shape index (κ2) is 4.14. The molecule has 0 spiro atoms. The highest BCUT2D eigenvalue weighted by atomic mass is 32.1. The first kappa shape index (κ1) is 11.0. The fraction of sp³-hybridized carbons (Fsp3) is 0.250. The van der Waals surface area contributed by atoms with Gasteiger partial charge in [0.25, 0.3) is 0 Å². The number of rotatable bonds is 1. The highest BCUT2D eigenvalue weighted by Gasteiger charge is 2.07. The molecule has 1 heterocycles. The Morgan fingerprint density at radius 2 is 2.06 bits per heavy atom. The van der Waals surface area contributed by atoms with E-state index in [0.29, 0.717) is 0 Å². The Bertz CT molecular complexity index is 531. The van der Waals surface area contributed by atoms with Crippen LogP contribution in [0.25, 0.3) is 10.9 Å². The summed E-state index contributed by atoms with van der Waals surface area (Å²) in [7, 11) is 5.55. The van der Waals surface area contributed by atoms with Crippen molar-refractivity contribution >= 4 is 28.2 Å². The zero-order valence-electron chi connectivity index (χ0n) is 9.60. The van der Waals surface area contributed by atoms with Gasteiger partial charge in [0, 0.05) is 25.7 Å². The largest absolute Gasteiger partial charge is 0.497 e. The van der Waals surface area contributed by atoms with E-state index < -0.39 is 0 Å². The molecule has 0 fully saturated rings. The van der Waals surface area contributed by atoms with E-state index in [0.717, 1.165) is 21.8 Å². The third-order valence-corrected chi connectivity index (χ3v) is 3.05. The molecule has 16 heavy (non-hydrogen) atoms. The van der Waals surface area contributed by atoms with Crippen molar-refractivity contribution in [3.8, 4) is 5.75 Å². The van der Waals surface area contributed by atoms with Gasteiger partial charge in [0.15, 0.2) is 5.11 Å². The maximum Gasteiger partial charge on any atom is 0.179 e. The Balaban J connectivity index is 2.53. The molecule has 0 saturated carbocycles. The van der Waals surface area contributed by atoms with Gasteiger partial charge in [0.05, 0.1) is 12.6 Å². The highest BCUT2D eigenvalue weighted by molar-refractivity contribution is 7.80. The minimum Gasteiger partial charge on any atom is -0.497 e. The number of nitrogens with zero attached hydrogens (tertiary/aromatic N) is 2. The molecule has 0 bridgehead atoms. The average Bonchev–Trinajstić information content (AvgIpc) is 2.70. The molecule has 0 N–H and O–H groups in total. The smallest absolute Gasteiger partial charge is 0.179 e. The molecule has 0 amide bonds. The van der Waals surface area contributed by atoms with Crippen LogP contribution in [0.1, 0.15) is 0 Å². The van der Waals surface area contributed by atoms with Crippen LogP contribution in [0.3, 0.4) is 0 Å². The van der Waals surface area contributed by atoms with Crippen LogP contribution in [0.4, 0.5) is 0 Å². The normalized spacial score (nSPS) is 10.4. The molecule has 0 aliphatic carbocycles. The third-order valence-electron chi connectivity index (χ3n) is 2.49. The number of hydrogen-bond donors (Lipinski definition) is 0. The van der Waals surface area contributed by atoms with Crippen molar-refractivity contribution in [3.05, 3.63) is 30.5 Å². The van der Waals surface area contributed by atoms with E-state index in [1.54, 1.807) is 7.11 Å². The van der Waals surface area contributed by atoms with Gasteiger partial charge in [-0.15, -0.1) is 0 Å². The Hall–Kier alpha value is -1.55. The number of fused-ring (bicyclic) bond motifs is 1. The van der Waals surface area contributed by atoms with Crippen molar-refractivity contribution in [1.29, 1.82) is 0 Å². The summed E-state index contributed by atoms with van der Waals surface area (Å²) in [6.07, 6.45) is 1.98. The summed E-state index contributed by atoms with van der Waals surface area (Å²) in [4.78, 5) is 1.92. The van der Waals surface area contributed by atoms with Gasteiger partial charge in [-0.05, 0) is 36.5 Å². The van der Waals surface area contributed by atoms with Crippen LogP contribution >= 0.6 is 12.2 Å². The number of benzene rings is 1. The molecule has 0 aliphatic rings. The number of hydrogen-bond acceptors (Lipinski definition) is 2. The van der Waals surface area contributed by atoms with E-state index in [2.05, 4.69) is 0 Å². The maximum atomic E-state index is 5.34. The SMILES string of the molecule is COc1ccc2c(ccn2C(=S)N(C)C)c1. The monoisotopic (exact) mass is 234 g/mol. The summed E-state index contributed by atoms with van der Waals surface area (Å²) >= 11 is 5.34. The predicted octanol–water partition coefficient (Wildman–Crippen LogP) is 2.34. The Morgan fingerprint density at radius 1 is 1.31 bits per heavy atom. The van der Waals surface area contributed by atoms with E-state index >= 15 is 0 Å². The first-order valence-corrected chi connectivity index (χ1v) is 5.41. The van der Waals surface area contributed by atoms with Gasteiger partial charge in [-0.1, -0.05) is 0 Å². The molecule has 2 rings (SSSR count). The first-order valence-electron chi connectivity index (χ1n) is 5.00. The molecule has 2 aromatic rings. The molecule has 4 heteroatoms. The third kappa shape index (κ3) is 1.76. The minimum atomic E-state index is 0.778. The molecule has 0 saturated heterocycles. The van der Waals surface area contributed by atoms with Crippen LogP contribution in [-0.4, -0.2) is 35.8 Å². The molecule has 0 atom stereocenters. The molecule has 84 valence electrons. The van der Waals surface area contributed by atoms with Crippen LogP contribution in [0.5, 0.6) is 5.75 Å². The van der Waals surface area contributed by atoms with Gasteiger partial charge in [-0.2, -0.15) is 0 Å². The lowest BCUT2D eigenvalue weighted by atomic mass is 10.2. The zero-order valence-corrected chi connectivity index (χ0v) is 10.4. The summed E-state index contributed by atoms with van der Waals surface area (Å²) in [6, 6.07) is 8.00. The van der Waals surface area contributed by atoms with Crippen LogP contribution < -0.4 is 4.74 Å². The van der Waals surface area contributed by atoms with Crippen LogP contribution in [0.2, 0.25) is 0 Å². The lowest BCUT2D eigenvalue weighted by molar-refractivity contribution is 0.415. The van der Waals surface area contributed by atoms with Crippen molar-refractivity contribution in [2.24, 2.45) is 0 Å². The van der Waals surface area contributed by atoms with Gasteiger partial charge in [-0.3, -0.25) is 4.57 Å². The summed E-state index contributed by atoms with van der Waals surface area (Å²) < 4.78 is 7.18. The number of methoxy groups -OCH3 is 1. The fourth-order valence-corrected chi connectivity index (χ4v) is 1.79. The topological polar surface area (TPSA) is 17.4 Å². The Morgan fingerprint density at radius 3 is 2.69 bits per heavy atom. The molecule has 3 nitrogen and oxygen atoms in total. The van der Waals surface area contributed by atoms with E-state index in [1.165, 1.54) is 0 Å². The van der Waals surface area contributed by atoms with Crippen LogP contribution in [0.15, 0.2) is 30.5 Å². The van der Waals surface area contributed by atoms with Crippen molar-refractivity contribution in [2.75, 3.05) is 21.2 Å². The lowest BCUT2D eigenvalue weighted by Crippen LogP contribution is -2.26. The molecular formula is C12H14N2OS. The van der Waals surface area contributed by atoms with Gasteiger partial charge in [0.1, 0.15) is 5.75 Å².